The predicted molar refractivity (Wildman–Crippen MR) is 92.4 cm³/mol. The second kappa shape index (κ2) is 8.76. The van der Waals surface area contributed by atoms with Gasteiger partial charge in [-0.3, -0.25) is 9.59 Å². The van der Waals surface area contributed by atoms with E-state index in [0.717, 1.165) is 6.42 Å². The van der Waals surface area contributed by atoms with Crippen LogP contribution in [-0.2, 0) is 4.79 Å². The van der Waals surface area contributed by atoms with Gasteiger partial charge in [0.25, 0.3) is 5.91 Å². The van der Waals surface area contributed by atoms with Crippen LogP contribution >= 0.6 is 12.4 Å². The van der Waals surface area contributed by atoms with Crippen LogP contribution in [0.2, 0.25) is 0 Å². The molecule has 6 heteroatoms. The third-order valence-electron chi connectivity index (χ3n) is 3.19. The molecule has 1 aromatic carbocycles. The fourth-order valence-corrected chi connectivity index (χ4v) is 2.34. The van der Waals surface area contributed by atoms with Crippen molar-refractivity contribution < 1.29 is 9.59 Å². The molecule has 124 valence electrons. The Kier molecular flexibility index (Phi) is 8.12. The van der Waals surface area contributed by atoms with Gasteiger partial charge in [0.1, 0.15) is 0 Å². The van der Waals surface area contributed by atoms with Crippen molar-refractivity contribution in [3.05, 3.63) is 29.8 Å². The van der Waals surface area contributed by atoms with Crippen molar-refractivity contribution in [2.24, 2.45) is 11.7 Å². The molecule has 22 heavy (non-hydrogen) atoms. The van der Waals surface area contributed by atoms with Gasteiger partial charge in [-0.15, -0.1) is 12.4 Å². The largest absolute Gasteiger partial charge is 0.346 e. The first kappa shape index (κ1) is 20.4. The molecule has 1 rings (SSSR count). The van der Waals surface area contributed by atoms with Crippen molar-refractivity contribution in [1.29, 1.82) is 0 Å². The highest BCUT2D eigenvalue weighted by Gasteiger charge is 2.26. The van der Waals surface area contributed by atoms with E-state index in [9.17, 15) is 9.59 Å². The number of carbonyl (C=O) groups excluding carboxylic acids is 2. The highest BCUT2D eigenvalue weighted by Crippen LogP contribution is 2.17. The van der Waals surface area contributed by atoms with E-state index in [2.05, 4.69) is 24.5 Å². The smallest absolute Gasteiger partial charge is 0.251 e. The highest BCUT2D eigenvalue weighted by atomic mass is 35.5. The first-order valence-electron chi connectivity index (χ1n) is 7.16. The Balaban J connectivity index is 0.00000441. The number of nitrogens with two attached hydrogens (primary N) is 1. The molecule has 0 radical (unpaired) electrons. The van der Waals surface area contributed by atoms with Crippen LogP contribution in [0.15, 0.2) is 24.3 Å². The van der Waals surface area contributed by atoms with Crippen LogP contribution in [0.1, 0.15) is 44.5 Å². The minimum absolute atomic E-state index is 0. The van der Waals surface area contributed by atoms with Crippen molar-refractivity contribution in [2.75, 3.05) is 11.9 Å². The predicted octanol–water partition coefficient (Wildman–Crippen LogP) is 2.56. The van der Waals surface area contributed by atoms with Crippen molar-refractivity contribution >= 4 is 29.9 Å². The zero-order valence-corrected chi connectivity index (χ0v) is 14.4. The fourth-order valence-electron chi connectivity index (χ4n) is 2.34. The Morgan fingerprint density at radius 2 is 1.77 bits per heavy atom. The topological polar surface area (TPSA) is 84.2 Å². The summed E-state index contributed by atoms with van der Waals surface area (Å²) in [5, 5.41) is 5.67. The van der Waals surface area contributed by atoms with Crippen LogP contribution < -0.4 is 16.4 Å². The molecular formula is C16H26ClN3O2. The number of halogens is 1. The third-order valence-corrected chi connectivity index (χ3v) is 3.19. The van der Waals surface area contributed by atoms with Crippen LogP contribution in [0.4, 0.5) is 5.69 Å². The number of rotatable bonds is 6. The van der Waals surface area contributed by atoms with Gasteiger partial charge in [0.2, 0.25) is 5.91 Å². The van der Waals surface area contributed by atoms with Crippen LogP contribution in [-0.4, -0.2) is 23.9 Å². The lowest BCUT2D eigenvalue weighted by Crippen LogP contribution is -2.52. The molecule has 0 bridgehead atoms. The van der Waals surface area contributed by atoms with E-state index in [1.54, 1.807) is 24.3 Å². The van der Waals surface area contributed by atoms with Gasteiger partial charge >= 0.3 is 0 Å². The lowest BCUT2D eigenvalue weighted by atomic mass is 9.90. The Bertz CT molecular complexity index is 503. The first-order valence-corrected chi connectivity index (χ1v) is 7.16. The molecule has 0 fully saturated rings. The zero-order chi connectivity index (χ0) is 16.0. The van der Waals surface area contributed by atoms with E-state index in [1.807, 2.05) is 6.92 Å². The molecule has 0 aliphatic rings. The van der Waals surface area contributed by atoms with Crippen molar-refractivity contribution in [3.63, 3.8) is 0 Å². The van der Waals surface area contributed by atoms with E-state index >= 15 is 0 Å². The summed E-state index contributed by atoms with van der Waals surface area (Å²) in [6.45, 7) is 7.99. The van der Waals surface area contributed by atoms with Crippen LogP contribution in [0.3, 0.4) is 0 Å². The summed E-state index contributed by atoms with van der Waals surface area (Å²) in [6.07, 6.45) is 0.819. The van der Waals surface area contributed by atoms with Gasteiger partial charge in [0.15, 0.2) is 0 Å². The Morgan fingerprint density at radius 1 is 1.23 bits per heavy atom. The molecule has 0 aliphatic heterocycles. The van der Waals surface area contributed by atoms with Gasteiger partial charge in [-0.25, -0.2) is 0 Å². The second-order valence-corrected chi connectivity index (χ2v) is 6.08. The fraction of sp³-hybridized carbons (Fsp3) is 0.500. The molecule has 1 aromatic rings. The molecule has 0 aliphatic carbocycles. The van der Waals surface area contributed by atoms with E-state index < -0.39 is 5.54 Å². The number of anilines is 1. The van der Waals surface area contributed by atoms with Crippen LogP contribution in [0.5, 0.6) is 0 Å². The maximum atomic E-state index is 12.3. The van der Waals surface area contributed by atoms with Gasteiger partial charge < -0.3 is 16.4 Å². The monoisotopic (exact) mass is 327 g/mol. The standard InChI is InChI=1S/C16H25N3O2.ClH/c1-11(2)9-16(4,10-17)19-15(21)13-5-7-14(8-6-13)18-12(3)20;/h5-8,11H,9-10,17H2,1-4H3,(H,18,20)(H,19,21);1H. The zero-order valence-electron chi connectivity index (χ0n) is 13.6. The lowest BCUT2D eigenvalue weighted by Gasteiger charge is -2.31. The van der Waals surface area contributed by atoms with E-state index in [1.165, 1.54) is 6.92 Å². The molecule has 0 saturated carbocycles. The second-order valence-electron chi connectivity index (χ2n) is 6.08. The Hall–Kier alpha value is -1.59. The highest BCUT2D eigenvalue weighted by molar-refractivity contribution is 5.95. The summed E-state index contributed by atoms with van der Waals surface area (Å²) in [5.41, 5.74) is 6.60. The van der Waals surface area contributed by atoms with Gasteiger partial charge in [-0.2, -0.15) is 0 Å². The number of amides is 2. The van der Waals surface area contributed by atoms with Crippen LogP contribution in [0, 0.1) is 5.92 Å². The Labute approximate surface area is 138 Å². The minimum Gasteiger partial charge on any atom is -0.346 e. The van der Waals surface area contributed by atoms with Crippen LogP contribution in [0.25, 0.3) is 0 Å². The maximum absolute atomic E-state index is 12.3. The molecule has 1 unspecified atom stereocenters. The number of carbonyl (C=O) groups is 2. The minimum atomic E-state index is -0.415. The lowest BCUT2D eigenvalue weighted by molar-refractivity contribution is -0.114. The molecule has 0 spiro atoms. The summed E-state index contributed by atoms with van der Waals surface area (Å²) in [4.78, 5) is 23.2. The SMILES string of the molecule is CC(=O)Nc1ccc(C(=O)NC(C)(CN)CC(C)C)cc1.Cl. The van der Waals surface area contributed by atoms with Crippen molar-refractivity contribution in [2.45, 2.75) is 39.7 Å². The molecule has 0 aromatic heterocycles. The molecule has 2 amide bonds. The summed E-state index contributed by atoms with van der Waals surface area (Å²) in [5.74, 6) is 0.152. The maximum Gasteiger partial charge on any atom is 0.251 e. The Morgan fingerprint density at radius 3 is 2.18 bits per heavy atom. The van der Waals surface area contributed by atoms with Gasteiger partial charge in [-0.05, 0) is 43.5 Å². The number of hydrogen-bond donors (Lipinski definition) is 3. The van der Waals surface area contributed by atoms with Crippen molar-refractivity contribution in [1.82, 2.24) is 5.32 Å². The van der Waals surface area contributed by atoms with Gasteiger partial charge in [0, 0.05) is 30.3 Å². The molecule has 5 nitrogen and oxygen atoms in total. The van der Waals surface area contributed by atoms with Crippen molar-refractivity contribution in [3.8, 4) is 0 Å². The third kappa shape index (κ3) is 6.45. The quantitative estimate of drug-likeness (QED) is 0.750. The average Bonchev–Trinajstić information content (AvgIpc) is 2.37. The molecule has 0 heterocycles. The molecule has 0 saturated heterocycles. The summed E-state index contributed by atoms with van der Waals surface area (Å²) in [6, 6.07) is 6.79. The molecule has 4 N–H and O–H groups in total. The number of benzene rings is 1. The average molecular weight is 328 g/mol. The van der Waals surface area contributed by atoms with Gasteiger partial charge in [-0.1, -0.05) is 13.8 Å². The number of nitrogens with one attached hydrogen (secondary N) is 2. The summed E-state index contributed by atoms with van der Waals surface area (Å²) >= 11 is 0. The normalized spacial score (nSPS) is 13.0. The molecule has 1 atom stereocenters. The molecular weight excluding hydrogens is 302 g/mol. The van der Waals surface area contributed by atoms with Gasteiger partial charge in [0.05, 0.1) is 0 Å². The van der Waals surface area contributed by atoms with E-state index in [0.29, 0.717) is 23.7 Å². The van der Waals surface area contributed by atoms with E-state index in [4.69, 9.17) is 5.73 Å². The number of hydrogen-bond acceptors (Lipinski definition) is 3. The summed E-state index contributed by atoms with van der Waals surface area (Å²) < 4.78 is 0. The first-order chi connectivity index (χ1) is 9.75. The van der Waals surface area contributed by atoms with E-state index in [-0.39, 0.29) is 24.2 Å². The summed E-state index contributed by atoms with van der Waals surface area (Å²) in [7, 11) is 0.